The van der Waals surface area contributed by atoms with Gasteiger partial charge in [0.25, 0.3) is 0 Å². The van der Waals surface area contributed by atoms with Crippen LogP contribution in [0.2, 0.25) is 0 Å². The normalized spacial score (nSPS) is 12.3. The first kappa shape index (κ1) is 22.5. The van der Waals surface area contributed by atoms with Crippen molar-refractivity contribution in [2.24, 2.45) is 0 Å². The van der Waals surface area contributed by atoms with Crippen LogP contribution in [0.4, 0.5) is 0 Å². The largest absolute Gasteiger partial charge is 0.309 e. The highest BCUT2D eigenvalue weighted by atomic mass is 32.1. The maximum absolute atomic E-state index is 2.43. The number of fused-ring (bicyclic) bond motifs is 10. The second-order valence-electron chi connectivity index (χ2n) is 11.3. The van der Waals surface area contributed by atoms with E-state index in [2.05, 4.69) is 144 Å². The third kappa shape index (κ3) is 2.92. The Morgan fingerprint density at radius 1 is 0.429 bits per heavy atom. The Kier molecular flexibility index (Phi) is 4.39. The molecule has 7 aromatic carbocycles. The van der Waals surface area contributed by atoms with Crippen molar-refractivity contribution >= 4 is 64.1 Å². The van der Waals surface area contributed by atoms with E-state index in [4.69, 9.17) is 0 Å². The van der Waals surface area contributed by atoms with E-state index in [1.807, 2.05) is 11.3 Å². The van der Waals surface area contributed by atoms with Crippen LogP contribution >= 0.6 is 11.3 Å². The summed E-state index contributed by atoms with van der Waals surface area (Å²) in [5, 5.41) is 8.03. The molecule has 42 heavy (non-hydrogen) atoms. The minimum atomic E-state index is 1.18. The predicted octanol–water partition coefficient (Wildman–Crippen LogP) is 11.6. The fraction of sp³-hybridized carbons (Fsp3) is 0. The average Bonchev–Trinajstić information content (AvgIpc) is 3.70. The average molecular weight is 550 g/mol. The van der Waals surface area contributed by atoms with E-state index in [0.29, 0.717) is 0 Å². The van der Waals surface area contributed by atoms with Gasteiger partial charge in [-0.1, -0.05) is 103 Å². The van der Waals surface area contributed by atoms with Gasteiger partial charge in [-0.2, -0.15) is 0 Å². The second kappa shape index (κ2) is 8.19. The molecule has 0 N–H and O–H groups in total. The highest BCUT2D eigenvalue weighted by Crippen LogP contribution is 2.48. The van der Waals surface area contributed by atoms with Gasteiger partial charge in [-0.15, -0.1) is 11.3 Å². The molecule has 2 aromatic heterocycles. The Morgan fingerprint density at radius 2 is 1.17 bits per heavy atom. The zero-order chi connectivity index (χ0) is 27.4. The molecular weight excluding hydrogens is 527 g/mol. The van der Waals surface area contributed by atoms with Crippen molar-refractivity contribution in [3.05, 3.63) is 140 Å². The van der Waals surface area contributed by atoms with Crippen LogP contribution in [-0.4, -0.2) is 4.57 Å². The lowest BCUT2D eigenvalue weighted by atomic mass is 9.97. The van der Waals surface area contributed by atoms with E-state index >= 15 is 0 Å². The highest BCUT2D eigenvalue weighted by Gasteiger charge is 2.22. The van der Waals surface area contributed by atoms with E-state index in [1.165, 1.54) is 91.8 Å². The van der Waals surface area contributed by atoms with Gasteiger partial charge in [0.15, 0.2) is 0 Å². The number of aromatic nitrogens is 1. The summed E-state index contributed by atoms with van der Waals surface area (Å²) in [7, 11) is 0. The fourth-order valence-corrected chi connectivity index (χ4v) is 8.55. The van der Waals surface area contributed by atoms with Gasteiger partial charge in [-0.05, 0) is 80.6 Å². The number of hydrogen-bond acceptors (Lipinski definition) is 1. The van der Waals surface area contributed by atoms with Gasteiger partial charge < -0.3 is 4.57 Å². The molecule has 1 aliphatic carbocycles. The minimum absolute atomic E-state index is 1.18. The molecule has 2 heteroatoms. The van der Waals surface area contributed by atoms with Crippen molar-refractivity contribution in [2.45, 2.75) is 0 Å². The van der Waals surface area contributed by atoms with Crippen molar-refractivity contribution in [3.8, 4) is 39.1 Å². The summed E-state index contributed by atoms with van der Waals surface area (Å²) >= 11 is 1.90. The summed E-state index contributed by atoms with van der Waals surface area (Å²) in [5.41, 5.74) is 11.5. The van der Waals surface area contributed by atoms with Gasteiger partial charge in [0.1, 0.15) is 0 Å². The molecule has 1 aliphatic rings. The van der Waals surface area contributed by atoms with E-state index in [0.717, 1.165) is 0 Å². The van der Waals surface area contributed by atoms with Crippen LogP contribution < -0.4 is 0 Å². The number of hydrogen-bond donors (Lipinski definition) is 0. The Morgan fingerprint density at radius 3 is 2.02 bits per heavy atom. The Hall–Kier alpha value is -5.18. The molecule has 0 saturated carbocycles. The standard InChI is InChI=1S/C40H23NS/c1-3-13-35-33(10-1)39-36(22-21-32-29-9-2-4-14-37(29)42-40(32)39)41(35)27-18-15-24(16-19-27)26-17-20-28-30-11-5-7-25-8-6-12-31(38(25)30)34(28)23-26/h1-23H. The van der Waals surface area contributed by atoms with E-state index in [-0.39, 0.29) is 0 Å². The summed E-state index contributed by atoms with van der Waals surface area (Å²) in [6.07, 6.45) is 0. The Labute approximate surface area is 246 Å². The maximum atomic E-state index is 2.43. The van der Waals surface area contributed by atoms with Crippen molar-refractivity contribution < 1.29 is 0 Å². The molecule has 0 bridgehead atoms. The molecule has 0 saturated heterocycles. The zero-order valence-corrected chi connectivity index (χ0v) is 23.5. The molecule has 194 valence electrons. The Balaban J connectivity index is 1.13. The van der Waals surface area contributed by atoms with Crippen molar-refractivity contribution in [3.63, 3.8) is 0 Å². The number of rotatable bonds is 2. The topological polar surface area (TPSA) is 4.93 Å². The number of nitrogens with zero attached hydrogens (tertiary/aromatic N) is 1. The summed E-state index contributed by atoms with van der Waals surface area (Å²) < 4.78 is 5.14. The van der Waals surface area contributed by atoms with E-state index in [1.54, 1.807) is 0 Å². The van der Waals surface area contributed by atoms with Crippen molar-refractivity contribution in [1.82, 2.24) is 4.57 Å². The third-order valence-corrected chi connectivity index (χ3v) is 10.3. The molecular formula is C40H23NS. The Bertz CT molecular complexity index is 2560. The number of thiophene rings is 1. The molecule has 2 heterocycles. The minimum Gasteiger partial charge on any atom is -0.309 e. The van der Waals surface area contributed by atoms with Crippen LogP contribution in [-0.2, 0) is 0 Å². The molecule has 0 aliphatic heterocycles. The van der Waals surface area contributed by atoms with Crippen LogP contribution in [0.15, 0.2) is 140 Å². The fourth-order valence-electron chi connectivity index (χ4n) is 7.29. The number of para-hydroxylation sites is 1. The van der Waals surface area contributed by atoms with Gasteiger partial charge in [-0.3, -0.25) is 0 Å². The first-order valence-corrected chi connectivity index (χ1v) is 15.3. The smallest absolute Gasteiger partial charge is 0.0555 e. The molecule has 0 spiro atoms. The highest BCUT2D eigenvalue weighted by molar-refractivity contribution is 7.26. The monoisotopic (exact) mass is 549 g/mol. The SMILES string of the molecule is c1cc2c3c(cccc3c1)-c1cc(-c3ccc(-n4c5ccccc5c5c6sc7ccccc7c6ccc54)cc3)ccc1-2. The van der Waals surface area contributed by atoms with Crippen molar-refractivity contribution in [2.75, 3.05) is 0 Å². The van der Waals surface area contributed by atoms with Gasteiger partial charge in [0, 0.05) is 36.6 Å². The van der Waals surface area contributed by atoms with E-state index < -0.39 is 0 Å². The lowest BCUT2D eigenvalue weighted by molar-refractivity contribution is 1.18. The molecule has 10 rings (SSSR count). The quantitative estimate of drug-likeness (QED) is 0.202. The van der Waals surface area contributed by atoms with Gasteiger partial charge in [0.2, 0.25) is 0 Å². The van der Waals surface area contributed by atoms with Crippen LogP contribution in [0, 0.1) is 0 Å². The molecule has 0 amide bonds. The van der Waals surface area contributed by atoms with Crippen LogP contribution in [0.1, 0.15) is 0 Å². The van der Waals surface area contributed by atoms with Crippen molar-refractivity contribution in [1.29, 1.82) is 0 Å². The van der Waals surface area contributed by atoms with Crippen LogP contribution in [0.5, 0.6) is 0 Å². The first-order chi connectivity index (χ1) is 20.8. The van der Waals surface area contributed by atoms with Gasteiger partial charge in [0.05, 0.1) is 11.0 Å². The molecule has 0 fully saturated rings. The molecule has 9 aromatic rings. The lowest BCUT2D eigenvalue weighted by Gasteiger charge is -2.11. The number of benzene rings is 7. The van der Waals surface area contributed by atoms with Gasteiger partial charge in [-0.25, -0.2) is 0 Å². The summed E-state index contributed by atoms with van der Waals surface area (Å²) in [5.74, 6) is 0. The summed E-state index contributed by atoms with van der Waals surface area (Å²) in [4.78, 5) is 0. The molecule has 0 atom stereocenters. The molecule has 0 radical (unpaired) electrons. The second-order valence-corrected chi connectivity index (χ2v) is 12.4. The summed E-state index contributed by atoms with van der Waals surface area (Å²) in [6.45, 7) is 0. The maximum Gasteiger partial charge on any atom is 0.0555 e. The third-order valence-electron chi connectivity index (χ3n) is 9.14. The predicted molar refractivity (Wildman–Crippen MR) is 181 cm³/mol. The van der Waals surface area contributed by atoms with Crippen LogP contribution in [0.25, 0.3) is 91.8 Å². The summed E-state index contributed by atoms with van der Waals surface area (Å²) in [6, 6.07) is 51.6. The lowest BCUT2D eigenvalue weighted by Crippen LogP contribution is -1.93. The van der Waals surface area contributed by atoms with Crippen LogP contribution in [0.3, 0.4) is 0 Å². The zero-order valence-electron chi connectivity index (χ0n) is 22.6. The van der Waals surface area contributed by atoms with Gasteiger partial charge >= 0.3 is 0 Å². The first-order valence-electron chi connectivity index (χ1n) is 14.4. The molecule has 0 unspecified atom stereocenters. The van der Waals surface area contributed by atoms with E-state index in [9.17, 15) is 0 Å². The molecule has 1 nitrogen and oxygen atoms in total.